The fourth-order valence-electron chi connectivity index (χ4n) is 2.14. The third-order valence-electron chi connectivity index (χ3n) is 3.76. The molecule has 0 aromatic carbocycles. The molecule has 6 heteroatoms. The monoisotopic (exact) mass is 271 g/mol. The second-order valence-corrected chi connectivity index (χ2v) is 5.35. The number of amides is 1. The maximum absolute atomic E-state index is 12.0. The SMILES string of the molecule is CC(CC(=O)O)N(C)C(=O)CCN1CCN(C)CC1. The minimum absolute atomic E-state index is 0.00323. The van der Waals surface area contributed by atoms with E-state index in [-0.39, 0.29) is 18.4 Å². The number of nitrogens with zero attached hydrogens (tertiary/aromatic N) is 3. The van der Waals surface area contributed by atoms with Crippen molar-refractivity contribution in [2.45, 2.75) is 25.8 Å². The Balaban J connectivity index is 2.28. The lowest BCUT2D eigenvalue weighted by Crippen LogP contribution is -2.46. The van der Waals surface area contributed by atoms with Gasteiger partial charge in [-0.3, -0.25) is 9.59 Å². The van der Waals surface area contributed by atoms with E-state index in [4.69, 9.17) is 5.11 Å². The van der Waals surface area contributed by atoms with Gasteiger partial charge in [-0.25, -0.2) is 0 Å². The number of hydrogen-bond acceptors (Lipinski definition) is 4. The summed E-state index contributed by atoms with van der Waals surface area (Å²) in [6.45, 7) is 6.61. The van der Waals surface area contributed by atoms with E-state index in [0.29, 0.717) is 6.42 Å². The molecule has 0 aromatic rings. The van der Waals surface area contributed by atoms with Gasteiger partial charge in [-0.05, 0) is 14.0 Å². The molecule has 1 amide bonds. The minimum Gasteiger partial charge on any atom is -0.481 e. The smallest absolute Gasteiger partial charge is 0.305 e. The first-order valence-corrected chi connectivity index (χ1v) is 6.78. The first kappa shape index (κ1) is 15.9. The molecular weight excluding hydrogens is 246 g/mol. The predicted octanol–water partition coefficient (Wildman–Crippen LogP) is -0.0545. The topological polar surface area (TPSA) is 64.1 Å². The minimum atomic E-state index is -0.869. The number of aliphatic carboxylic acids is 1. The van der Waals surface area contributed by atoms with Crippen molar-refractivity contribution in [3.8, 4) is 0 Å². The number of rotatable bonds is 6. The Morgan fingerprint density at radius 3 is 2.37 bits per heavy atom. The fourth-order valence-corrected chi connectivity index (χ4v) is 2.14. The van der Waals surface area contributed by atoms with Gasteiger partial charge in [-0.1, -0.05) is 0 Å². The molecule has 1 atom stereocenters. The van der Waals surface area contributed by atoms with Crippen LogP contribution < -0.4 is 0 Å². The Bertz CT molecular complexity index is 314. The van der Waals surface area contributed by atoms with Crippen LogP contribution in [0.1, 0.15) is 19.8 Å². The highest BCUT2D eigenvalue weighted by Crippen LogP contribution is 2.06. The molecule has 1 saturated heterocycles. The number of piperazine rings is 1. The van der Waals surface area contributed by atoms with Crippen molar-refractivity contribution >= 4 is 11.9 Å². The Kier molecular flexibility index (Phi) is 6.24. The van der Waals surface area contributed by atoms with E-state index in [9.17, 15) is 9.59 Å². The Labute approximate surface area is 115 Å². The number of carbonyl (C=O) groups is 2. The average molecular weight is 271 g/mol. The van der Waals surface area contributed by atoms with Crippen molar-refractivity contribution in [3.05, 3.63) is 0 Å². The molecule has 0 aromatic heterocycles. The summed E-state index contributed by atoms with van der Waals surface area (Å²) >= 11 is 0. The van der Waals surface area contributed by atoms with Gasteiger partial charge in [-0.15, -0.1) is 0 Å². The predicted molar refractivity (Wildman–Crippen MR) is 73.0 cm³/mol. The molecule has 1 aliphatic heterocycles. The normalized spacial score (nSPS) is 19.1. The van der Waals surface area contributed by atoms with Gasteiger partial charge >= 0.3 is 5.97 Å². The summed E-state index contributed by atoms with van der Waals surface area (Å²) in [5.74, 6) is -0.848. The average Bonchev–Trinajstić information content (AvgIpc) is 2.36. The van der Waals surface area contributed by atoms with E-state index in [1.54, 1.807) is 18.9 Å². The van der Waals surface area contributed by atoms with Crippen LogP contribution in [-0.2, 0) is 9.59 Å². The van der Waals surface area contributed by atoms with Crippen LogP contribution in [0.3, 0.4) is 0 Å². The third kappa shape index (κ3) is 5.57. The molecule has 1 heterocycles. The number of likely N-dealkylation sites (N-methyl/N-ethyl adjacent to an activating group) is 1. The Hall–Kier alpha value is -1.14. The molecule has 0 bridgehead atoms. The van der Waals surface area contributed by atoms with Gasteiger partial charge < -0.3 is 19.8 Å². The standard InChI is InChI=1S/C13H25N3O3/c1-11(10-13(18)19)15(3)12(17)4-5-16-8-6-14(2)7-9-16/h11H,4-10H2,1-3H3,(H,18,19). The van der Waals surface area contributed by atoms with Crippen molar-refractivity contribution in [1.82, 2.24) is 14.7 Å². The second-order valence-electron chi connectivity index (χ2n) is 5.35. The highest BCUT2D eigenvalue weighted by atomic mass is 16.4. The summed E-state index contributed by atoms with van der Waals surface area (Å²) in [4.78, 5) is 28.7. The first-order chi connectivity index (χ1) is 8.90. The largest absolute Gasteiger partial charge is 0.481 e. The van der Waals surface area contributed by atoms with Crippen molar-refractivity contribution in [1.29, 1.82) is 0 Å². The van der Waals surface area contributed by atoms with Crippen LogP contribution in [0.4, 0.5) is 0 Å². The Morgan fingerprint density at radius 1 is 1.26 bits per heavy atom. The molecule has 110 valence electrons. The van der Waals surface area contributed by atoms with Gasteiger partial charge in [0.1, 0.15) is 0 Å². The molecule has 1 N–H and O–H groups in total. The van der Waals surface area contributed by atoms with Gasteiger partial charge in [0.15, 0.2) is 0 Å². The maximum atomic E-state index is 12.0. The number of hydrogen-bond donors (Lipinski definition) is 1. The van der Waals surface area contributed by atoms with E-state index in [1.165, 1.54) is 0 Å². The molecule has 1 aliphatic rings. The quantitative estimate of drug-likeness (QED) is 0.733. The Morgan fingerprint density at radius 2 is 1.84 bits per heavy atom. The zero-order valence-corrected chi connectivity index (χ0v) is 12.1. The van der Waals surface area contributed by atoms with Crippen molar-refractivity contribution in [2.24, 2.45) is 0 Å². The third-order valence-corrected chi connectivity index (χ3v) is 3.76. The fraction of sp³-hybridized carbons (Fsp3) is 0.846. The van der Waals surface area contributed by atoms with Crippen molar-refractivity contribution in [3.63, 3.8) is 0 Å². The van der Waals surface area contributed by atoms with Crippen LogP contribution in [-0.4, -0.2) is 84.5 Å². The molecule has 6 nitrogen and oxygen atoms in total. The zero-order chi connectivity index (χ0) is 14.4. The molecule has 1 fully saturated rings. The van der Waals surface area contributed by atoms with Crippen LogP contribution in [0, 0.1) is 0 Å². The van der Waals surface area contributed by atoms with E-state index in [1.807, 2.05) is 0 Å². The van der Waals surface area contributed by atoms with Crippen molar-refractivity contribution < 1.29 is 14.7 Å². The van der Waals surface area contributed by atoms with Gasteiger partial charge in [0, 0.05) is 52.2 Å². The van der Waals surface area contributed by atoms with Crippen LogP contribution in [0.2, 0.25) is 0 Å². The molecule has 1 unspecified atom stereocenters. The molecule has 0 spiro atoms. The van der Waals surface area contributed by atoms with Crippen LogP contribution >= 0.6 is 0 Å². The highest BCUT2D eigenvalue weighted by Gasteiger charge is 2.20. The van der Waals surface area contributed by atoms with Crippen LogP contribution in [0.25, 0.3) is 0 Å². The molecule has 1 rings (SSSR count). The van der Waals surface area contributed by atoms with Crippen LogP contribution in [0.15, 0.2) is 0 Å². The van der Waals surface area contributed by atoms with E-state index in [0.717, 1.165) is 32.7 Å². The summed E-state index contributed by atoms with van der Waals surface area (Å²) in [7, 11) is 3.78. The summed E-state index contributed by atoms with van der Waals surface area (Å²) in [6.07, 6.45) is 0.459. The van der Waals surface area contributed by atoms with E-state index < -0.39 is 5.97 Å². The number of carbonyl (C=O) groups excluding carboxylic acids is 1. The molecule has 0 aliphatic carbocycles. The zero-order valence-electron chi connectivity index (χ0n) is 12.1. The van der Waals surface area contributed by atoms with Gasteiger partial charge in [0.2, 0.25) is 5.91 Å². The highest BCUT2D eigenvalue weighted by molar-refractivity contribution is 5.77. The summed E-state index contributed by atoms with van der Waals surface area (Å²) in [5.41, 5.74) is 0. The maximum Gasteiger partial charge on any atom is 0.305 e. The lowest BCUT2D eigenvalue weighted by atomic mass is 10.2. The van der Waals surface area contributed by atoms with Crippen molar-refractivity contribution in [2.75, 3.05) is 46.8 Å². The van der Waals surface area contributed by atoms with Crippen LogP contribution in [0.5, 0.6) is 0 Å². The number of carboxylic acid groups (broad SMARTS) is 1. The number of carboxylic acids is 1. The molecule has 0 saturated carbocycles. The van der Waals surface area contributed by atoms with Gasteiger partial charge in [0.05, 0.1) is 6.42 Å². The van der Waals surface area contributed by atoms with E-state index in [2.05, 4.69) is 16.8 Å². The van der Waals surface area contributed by atoms with Gasteiger partial charge in [0.25, 0.3) is 0 Å². The second kappa shape index (κ2) is 7.45. The summed E-state index contributed by atoms with van der Waals surface area (Å²) in [5, 5.41) is 8.72. The molecular formula is C13H25N3O3. The summed E-state index contributed by atoms with van der Waals surface area (Å²) in [6, 6.07) is -0.252. The molecule has 0 radical (unpaired) electrons. The van der Waals surface area contributed by atoms with Gasteiger partial charge in [-0.2, -0.15) is 0 Å². The van der Waals surface area contributed by atoms with E-state index >= 15 is 0 Å². The lowest BCUT2D eigenvalue weighted by molar-refractivity contribution is -0.140. The molecule has 19 heavy (non-hydrogen) atoms. The first-order valence-electron chi connectivity index (χ1n) is 6.78. The lowest BCUT2D eigenvalue weighted by Gasteiger charge is -2.32. The summed E-state index contributed by atoms with van der Waals surface area (Å²) < 4.78 is 0.